The molecule has 138 valence electrons. The van der Waals surface area contributed by atoms with Gasteiger partial charge >= 0.3 is 0 Å². The smallest absolute Gasteiger partial charge is 0.251 e. The third kappa shape index (κ3) is 5.25. The highest BCUT2D eigenvalue weighted by atomic mass is 35.5. The molecule has 5 nitrogen and oxygen atoms in total. The molecule has 0 aromatic heterocycles. The lowest BCUT2D eigenvalue weighted by molar-refractivity contribution is 0.0273. The fourth-order valence-electron chi connectivity index (χ4n) is 3.22. The van der Waals surface area contributed by atoms with Crippen molar-refractivity contribution in [3.8, 4) is 11.5 Å². The molecule has 6 heteroatoms. The Balaban J connectivity index is 1.45. The van der Waals surface area contributed by atoms with Gasteiger partial charge in [-0.05, 0) is 31.4 Å². The van der Waals surface area contributed by atoms with Gasteiger partial charge in [0.2, 0.25) is 0 Å². The Kier molecular flexibility index (Phi) is 6.82. The summed E-state index contributed by atoms with van der Waals surface area (Å²) in [6.45, 7) is 2.40. The topological polar surface area (TPSA) is 56.8 Å². The van der Waals surface area contributed by atoms with Crippen LogP contribution in [0.25, 0.3) is 0 Å². The van der Waals surface area contributed by atoms with Gasteiger partial charge in [-0.3, -0.25) is 4.79 Å². The van der Waals surface area contributed by atoms with E-state index in [0.717, 1.165) is 12.8 Å². The third-order valence-electron chi connectivity index (χ3n) is 4.58. The first-order valence-electron chi connectivity index (χ1n) is 9.23. The van der Waals surface area contributed by atoms with Gasteiger partial charge in [0, 0.05) is 25.1 Å². The van der Waals surface area contributed by atoms with E-state index in [4.69, 9.17) is 25.8 Å². The van der Waals surface area contributed by atoms with Gasteiger partial charge in [-0.2, -0.15) is 0 Å². The molecule has 0 spiro atoms. The fourth-order valence-corrected chi connectivity index (χ4v) is 3.49. The molecule has 0 radical (unpaired) electrons. The molecule has 1 aromatic rings. The molecule has 1 heterocycles. The van der Waals surface area contributed by atoms with E-state index in [0.29, 0.717) is 54.6 Å². The number of carbonyl (C=O) groups is 1. The number of amides is 1. The lowest BCUT2D eigenvalue weighted by Crippen LogP contribution is -2.26. The van der Waals surface area contributed by atoms with Crippen molar-refractivity contribution < 1.29 is 19.0 Å². The Labute approximate surface area is 154 Å². The first-order valence-corrected chi connectivity index (χ1v) is 9.61. The van der Waals surface area contributed by atoms with Crippen molar-refractivity contribution in [2.45, 2.75) is 51.0 Å². The number of halogens is 1. The largest absolute Gasteiger partial charge is 0.489 e. The van der Waals surface area contributed by atoms with Crippen LogP contribution in [0.5, 0.6) is 11.5 Å². The van der Waals surface area contributed by atoms with Crippen molar-refractivity contribution in [1.29, 1.82) is 0 Å². The van der Waals surface area contributed by atoms with Gasteiger partial charge in [0.25, 0.3) is 5.91 Å². The highest BCUT2D eigenvalue weighted by Gasteiger charge is 2.18. The predicted molar refractivity (Wildman–Crippen MR) is 96.8 cm³/mol. The van der Waals surface area contributed by atoms with Crippen LogP contribution in [0.2, 0.25) is 5.02 Å². The molecule has 0 atom stereocenters. The average Bonchev–Trinajstić information content (AvgIpc) is 2.88. The van der Waals surface area contributed by atoms with Crippen LogP contribution >= 0.6 is 11.6 Å². The number of carbonyl (C=O) groups excluding carboxylic acids is 1. The Bertz CT molecular complexity index is 587. The maximum Gasteiger partial charge on any atom is 0.251 e. The van der Waals surface area contributed by atoms with Crippen molar-refractivity contribution in [2.24, 2.45) is 0 Å². The van der Waals surface area contributed by atoms with E-state index in [1.54, 1.807) is 12.1 Å². The fraction of sp³-hybridized carbons (Fsp3) is 0.632. The molecule has 0 bridgehead atoms. The summed E-state index contributed by atoms with van der Waals surface area (Å²) in [4.78, 5) is 12.3. The van der Waals surface area contributed by atoms with Crippen LogP contribution in [-0.4, -0.2) is 38.4 Å². The van der Waals surface area contributed by atoms with Crippen molar-refractivity contribution in [3.63, 3.8) is 0 Å². The number of ether oxygens (including phenoxy) is 3. The van der Waals surface area contributed by atoms with E-state index < -0.39 is 0 Å². The molecule has 2 aliphatic rings. The predicted octanol–water partition coefficient (Wildman–Crippen LogP) is 3.97. The van der Waals surface area contributed by atoms with Crippen molar-refractivity contribution in [1.82, 2.24) is 5.32 Å². The zero-order valence-corrected chi connectivity index (χ0v) is 15.3. The Morgan fingerprint density at radius 1 is 1.16 bits per heavy atom. The maximum absolute atomic E-state index is 12.3. The minimum absolute atomic E-state index is 0.157. The number of benzene rings is 1. The Hall–Kier alpha value is -1.46. The first kappa shape index (κ1) is 18.3. The van der Waals surface area contributed by atoms with E-state index in [-0.39, 0.29) is 5.91 Å². The molecule has 1 N–H and O–H groups in total. The summed E-state index contributed by atoms with van der Waals surface area (Å²) in [6, 6.07) is 3.32. The molecule has 0 unspecified atom stereocenters. The molecule has 1 saturated carbocycles. The van der Waals surface area contributed by atoms with E-state index in [9.17, 15) is 4.79 Å². The van der Waals surface area contributed by atoms with Crippen LogP contribution in [0, 0.1) is 0 Å². The van der Waals surface area contributed by atoms with E-state index in [2.05, 4.69) is 5.32 Å². The minimum atomic E-state index is -0.157. The molecule has 3 rings (SSSR count). The van der Waals surface area contributed by atoms with Gasteiger partial charge in [-0.15, -0.1) is 0 Å². The molecule has 1 aliphatic carbocycles. The van der Waals surface area contributed by atoms with Crippen molar-refractivity contribution >= 4 is 17.5 Å². The number of hydrogen-bond donors (Lipinski definition) is 1. The quantitative estimate of drug-likeness (QED) is 0.773. The summed E-state index contributed by atoms with van der Waals surface area (Å²) in [7, 11) is 0. The third-order valence-corrected chi connectivity index (χ3v) is 4.86. The summed E-state index contributed by atoms with van der Waals surface area (Å²) in [5.41, 5.74) is 0.488. The van der Waals surface area contributed by atoms with Crippen LogP contribution in [0.3, 0.4) is 0 Å². The molecule has 1 aliphatic heterocycles. The summed E-state index contributed by atoms with van der Waals surface area (Å²) < 4.78 is 17.1. The minimum Gasteiger partial charge on any atom is -0.489 e. The van der Waals surface area contributed by atoms with Crippen LogP contribution < -0.4 is 14.8 Å². The molecular formula is C19H26ClNO4. The monoisotopic (exact) mass is 367 g/mol. The molecular weight excluding hydrogens is 342 g/mol. The zero-order valence-electron chi connectivity index (χ0n) is 14.5. The van der Waals surface area contributed by atoms with E-state index >= 15 is 0 Å². The van der Waals surface area contributed by atoms with Crippen LogP contribution in [0.1, 0.15) is 55.3 Å². The number of hydrogen-bond acceptors (Lipinski definition) is 4. The second-order valence-electron chi connectivity index (χ2n) is 6.58. The van der Waals surface area contributed by atoms with Crippen molar-refractivity contribution in [3.05, 3.63) is 22.7 Å². The van der Waals surface area contributed by atoms with Gasteiger partial charge in [0.05, 0.1) is 24.3 Å². The SMILES string of the molecule is O=C(NCCCOC1CCCCC1)c1cc(Cl)c2c(c1)OCCCO2. The Morgan fingerprint density at radius 3 is 2.80 bits per heavy atom. The van der Waals surface area contributed by atoms with Gasteiger partial charge < -0.3 is 19.5 Å². The van der Waals surface area contributed by atoms with Gasteiger partial charge in [-0.25, -0.2) is 0 Å². The molecule has 1 amide bonds. The van der Waals surface area contributed by atoms with Crippen molar-refractivity contribution in [2.75, 3.05) is 26.4 Å². The molecule has 0 saturated heterocycles. The number of rotatable bonds is 6. The van der Waals surface area contributed by atoms with Crippen LogP contribution in [-0.2, 0) is 4.74 Å². The summed E-state index contributed by atoms with van der Waals surface area (Å²) >= 11 is 6.23. The summed E-state index contributed by atoms with van der Waals surface area (Å²) in [5.74, 6) is 0.905. The number of nitrogens with one attached hydrogen (secondary N) is 1. The second kappa shape index (κ2) is 9.30. The van der Waals surface area contributed by atoms with E-state index in [1.807, 2.05) is 0 Å². The normalized spacial score (nSPS) is 17.8. The molecule has 25 heavy (non-hydrogen) atoms. The van der Waals surface area contributed by atoms with Gasteiger partial charge in [-0.1, -0.05) is 30.9 Å². The summed E-state index contributed by atoms with van der Waals surface area (Å²) in [6.07, 6.45) is 8.22. The highest BCUT2D eigenvalue weighted by molar-refractivity contribution is 6.32. The maximum atomic E-state index is 12.3. The second-order valence-corrected chi connectivity index (χ2v) is 6.98. The average molecular weight is 368 g/mol. The van der Waals surface area contributed by atoms with Crippen LogP contribution in [0.4, 0.5) is 0 Å². The zero-order chi connectivity index (χ0) is 17.5. The molecule has 1 aromatic carbocycles. The molecule has 1 fully saturated rings. The highest BCUT2D eigenvalue weighted by Crippen LogP contribution is 2.37. The number of fused-ring (bicyclic) bond motifs is 1. The summed E-state index contributed by atoms with van der Waals surface area (Å²) in [5, 5.41) is 3.32. The lowest BCUT2D eigenvalue weighted by atomic mass is 9.98. The van der Waals surface area contributed by atoms with Crippen LogP contribution in [0.15, 0.2) is 12.1 Å². The van der Waals surface area contributed by atoms with E-state index in [1.165, 1.54) is 32.1 Å². The lowest BCUT2D eigenvalue weighted by Gasteiger charge is -2.21. The first-order chi connectivity index (χ1) is 12.2. The van der Waals surface area contributed by atoms with Gasteiger partial charge in [0.1, 0.15) is 0 Å². The standard InChI is InChI=1S/C19H26ClNO4/c20-16-12-14(13-17-18(16)25-11-5-10-24-17)19(22)21-8-4-9-23-15-6-2-1-3-7-15/h12-13,15H,1-11H2,(H,21,22). The Morgan fingerprint density at radius 2 is 1.96 bits per heavy atom. The van der Waals surface area contributed by atoms with Gasteiger partial charge in [0.15, 0.2) is 11.5 Å².